The van der Waals surface area contributed by atoms with Gasteiger partial charge in [0.15, 0.2) is 0 Å². The first-order valence-corrected chi connectivity index (χ1v) is 4.50. The Morgan fingerprint density at radius 1 is 1.50 bits per heavy atom. The highest BCUT2D eigenvalue weighted by Crippen LogP contribution is 1.82. The van der Waals surface area contributed by atoms with E-state index in [1.807, 2.05) is 0 Å². The number of hydrogen-bond donors (Lipinski definition) is 3. The molecule has 0 aromatic carbocycles. The molecular weight excluding hydrogens is 178 g/mol. The first-order chi connectivity index (χ1) is 5.81. The number of carbonyl (C=O) groups is 1. The molecule has 0 aliphatic heterocycles. The van der Waals surface area contributed by atoms with Crippen molar-refractivity contribution in [1.29, 1.82) is 0 Å². The summed E-state index contributed by atoms with van der Waals surface area (Å²) >= 11 is 3.91. The number of rotatable bonds is 7. The second kappa shape index (κ2) is 8.83. The molecule has 0 rings (SSSR count). The molecule has 4 nitrogen and oxygen atoms in total. The van der Waals surface area contributed by atoms with E-state index in [-0.39, 0.29) is 12.5 Å². The van der Waals surface area contributed by atoms with Gasteiger partial charge in [-0.3, -0.25) is 4.79 Å². The second-order valence-corrected chi connectivity index (χ2v) is 2.61. The average molecular weight is 193 g/mol. The Morgan fingerprint density at radius 3 is 2.83 bits per heavy atom. The van der Waals surface area contributed by atoms with Crippen molar-refractivity contribution in [1.82, 2.24) is 5.32 Å². The number of amides is 1. The molecule has 5 heteroatoms. The molecule has 72 valence electrons. The van der Waals surface area contributed by atoms with Gasteiger partial charge >= 0.3 is 0 Å². The molecule has 2 N–H and O–H groups in total. The van der Waals surface area contributed by atoms with Gasteiger partial charge in [-0.15, -0.1) is 0 Å². The Labute approximate surface area is 77.7 Å². The van der Waals surface area contributed by atoms with Crippen LogP contribution in [0.1, 0.15) is 6.42 Å². The Bertz CT molecular complexity index is 121. The first-order valence-electron chi connectivity index (χ1n) is 3.87. The summed E-state index contributed by atoms with van der Waals surface area (Å²) in [7, 11) is 0. The highest BCUT2D eigenvalue weighted by atomic mass is 32.1. The topological polar surface area (TPSA) is 58.6 Å². The molecule has 0 spiro atoms. The highest BCUT2D eigenvalue weighted by Gasteiger charge is 1.96. The van der Waals surface area contributed by atoms with E-state index in [0.717, 1.165) is 0 Å². The SMILES string of the molecule is O=C(CCS)NCCOCCO. The monoisotopic (exact) mass is 193 g/mol. The van der Waals surface area contributed by atoms with Gasteiger partial charge in [-0.2, -0.15) is 12.6 Å². The highest BCUT2D eigenvalue weighted by molar-refractivity contribution is 7.80. The van der Waals surface area contributed by atoms with Crippen LogP contribution in [-0.2, 0) is 9.53 Å². The molecule has 1 amide bonds. The summed E-state index contributed by atoms with van der Waals surface area (Å²) < 4.78 is 4.93. The molecule has 0 saturated carbocycles. The lowest BCUT2D eigenvalue weighted by Gasteiger charge is -2.03. The molecule has 0 aliphatic carbocycles. The second-order valence-electron chi connectivity index (χ2n) is 2.16. The van der Waals surface area contributed by atoms with Gasteiger partial charge in [0.25, 0.3) is 0 Å². The van der Waals surface area contributed by atoms with E-state index in [1.165, 1.54) is 0 Å². The smallest absolute Gasteiger partial charge is 0.220 e. The van der Waals surface area contributed by atoms with E-state index in [2.05, 4.69) is 17.9 Å². The molecule has 0 aliphatic rings. The Morgan fingerprint density at radius 2 is 2.25 bits per heavy atom. The zero-order valence-corrected chi connectivity index (χ0v) is 7.85. The van der Waals surface area contributed by atoms with Crippen LogP contribution in [0.4, 0.5) is 0 Å². The zero-order chi connectivity index (χ0) is 9.23. The number of hydrogen-bond acceptors (Lipinski definition) is 4. The maximum Gasteiger partial charge on any atom is 0.220 e. The van der Waals surface area contributed by atoms with Crippen LogP contribution in [-0.4, -0.2) is 43.1 Å². The van der Waals surface area contributed by atoms with E-state index in [9.17, 15) is 4.79 Å². The van der Waals surface area contributed by atoms with E-state index >= 15 is 0 Å². The van der Waals surface area contributed by atoms with Crippen molar-refractivity contribution in [2.75, 3.05) is 32.1 Å². The van der Waals surface area contributed by atoms with Gasteiger partial charge in [-0.05, 0) is 5.75 Å². The fraction of sp³-hybridized carbons (Fsp3) is 0.857. The van der Waals surface area contributed by atoms with Crippen LogP contribution in [0.5, 0.6) is 0 Å². The molecule has 0 heterocycles. The largest absolute Gasteiger partial charge is 0.394 e. The van der Waals surface area contributed by atoms with Crippen molar-refractivity contribution in [2.45, 2.75) is 6.42 Å². The minimum absolute atomic E-state index is 0.0161. The standard InChI is InChI=1S/C7H15NO3S/c9-3-5-11-4-2-8-7(10)1-6-12/h9,12H,1-6H2,(H,8,10). The molecule has 0 saturated heterocycles. The molecule has 0 atom stereocenters. The van der Waals surface area contributed by atoms with Gasteiger partial charge in [-0.1, -0.05) is 0 Å². The summed E-state index contributed by atoms with van der Waals surface area (Å²) in [5, 5.41) is 11.0. The summed E-state index contributed by atoms with van der Waals surface area (Å²) in [4.78, 5) is 10.8. The molecule has 0 aromatic rings. The van der Waals surface area contributed by atoms with E-state index in [0.29, 0.717) is 31.9 Å². The van der Waals surface area contributed by atoms with Crippen LogP contribution in [0.25, 0.3) is 0 Å². The van der Waals surface area contributed by atoms with Crippen molar-refractivity contribution in [2.24, 2.45) is 0 Å². The van der Waals surface area contributed by atoms with Crippen molar-refractivity contribution in [3.8, 4) is 0 Å². The number of aliphatic hydroxyl groups excluding tert-OH is 1. The van der Waals surface area contributed by atoms with E-state index in [4.69, 9.17) is 9.84 Å². The maximum absolute atomic E-state index is 10.8. The number of ether oxygens (including phenoxy) is 1. The van der Waals surface area contributed by atoms with E-state index in [1.54, 1.807) is 0 Å². The first kappa shape index (κ1) is 11.7. The average Bonchev–Trinajstić information content (AvgIpc) is 2.05. The number of nitrogens with one attached hydrogen (secondary N) is 1. The van der Waals surface area contributed by atoms with E-state index < -0.39 is 0 Å². The Balaban J connectivity index is 3.03. The lowest BCUT2D eigenvalue weighted by Crippen LogP contribution is -2.27. The fourth-order valence-electron chi connectivity index (χ4n) is 0.619. The lowest BCUT2D eigenvalue weighted by molar-refractivity contribution is -0.120. The van der Waals surface area contributed by atoms with Crippen molar-refractivity contribution < 1.29 is 14.6 Å². The Hall–Kier alpha value is -0.260. The van der Waals surface area contributed by atoms with Gasteiger partial charge < -0.3 is 15.2 Å². The Kier molecular flexibility index (Phi) is 8.64. The maximum atomic E-state index is 10.8. The molecule has 0 bridgehead atoms. The molecule has 0 unspecified atom stereocenters. The van der Waals surface area contributed by atoms with Crippen LogP contribution >= 0.6 is 12.6 Å². The number of thiol groups is 1. The molecular formula is C7H15NO3S. The van der Waals surface area contributed by atoms with Crippen molar-refractivity contribution in [3.05, 3.63) is 0 Å². The summed E-state index contributed by atoms with van der Waals surface area (Å²) in [5.74, 6) is 0.543. The van der Waals surface area contributed by atoms with Crippen LogP contribution in [0.3, 0.4) is 0 Å². The predicted octanol–water partition coefficient (Wildman–Crippen LogP) is -0.569. The van der Waals surface area contributed by atoms with Crippen LogP contribution in [0.15, 0.2) is 0 Å². The lowest BCUT2D eigenvalue weighted by atomic mass is 10.4. The minimum atomic E-state index is -0.0161. The van der Waals surface area contributed by atoms with Crippen LogP contribution in [0.2, 0.25) is 0 Å². The third-order valence-electron chi connectivity index (χ3n) is 1.14. The molecule has 0 radical (unpaired) electrons. The van der Waals surface area contributed by atoms with Crippen molar-refractivity contribution >= 4 is 18.5 Å². The van der Waals surface area contributed by atoms with Gasteiger partial charge in [0.2, 0.25) is 5.91 Å². The quantitative estimate of drug-likeness (QED) is 0.375. The van der Waals surface area contributed by atoms with Gasteiger partial charge in [0.1, 0.15) is 0 Å². The number of aliphatic hydroxyl groups is 1. The molecule has 0 fully saturated rings. The van der Waals surface area contributed by atoms with Gasteiger partial charge in [0.05, 0.1) is 19.8 Å². The van der Waals surface area contributed by atoms with Crippen molar-refractivity contribution in [3.63, 3.8) is 0 Å². The summed E-state index contributed by atoms with van der Waals surface area (Å²) in [5.41, 5.74) is 0. The minimum Gasteiger partial charge on any atom is -0.394 e. The molecule has 12 heavy (non-hydrogen) atoms. The van der Waals surface area contributed by atoms with Crippen LogP contribution < -0.4 is 5.32 Å². The fourth-order valence-corrected chi connectivity index (χ4v) is 0.822. The predicted molar refractivity (Wildman–Crippen MR) is 49.4 cm³/mol. The third-order valence-corrected chi connectivity index (χ3v) is 1.37. The summed E-state index contributed by atoms with van der Waals surface area (Å²) in [6.07, 6.45) is 0.434. The zero-order valence-electron chi connectivity index (χ0n) is 6.95. The van der Waals surface area contributed by atoms with Gasteiger partial charge in [0, 0.05) is 13.0 Å². The van der Waals surface area contributed by atoms with Gasteiger partial charge in [-0.25, -0.2) is 0 Å². The number of carbonyl (C=O) groups excluding carboxylic acids is 1. The third kappa shape index (κ3) is 7.84. The molecule has 0 aromatic heterocycles. The van der Waals surface area contributed by atoms with Crippen LogP contribution in [0, 0.1) is 0 Å². The summed E-state index contributed by atoms with van der Waals surface area (Å²) in [6.45, 7) is 1.28. The normalized spacial score (nSPS) is 9.83. The summed E-state index contributed by atoms with van der Waals surface area (Å²) in [6, 6.07) is 0.